The Morgan fingerprint density at radius 3 is 2.57 bits per heavy atom. The van der Waals surface area contributed by atoms with E-state index in [1.54, 1.807) is 0 Å². The van der Waals surface area contributed by atoms with Gasteiger partial charge in [-0.1, -0.05) is 12.1 Å². The molecule has 74 valence electrons. The molecular weight excluding hydrogens is 172 g/mol. The van der Waals surface area contributed by atoms with Gasteiger partial charge in [0.25, 0.3) is 0 Å². The van der Waals surface area contributed by atoms with E-state index in [0.717, 1.165) is 11.4 Å². The lowest BCUT2D eigenvalue weighted by Crippen LogP contribution is -2.34. The molecule has 1 heterocycles. The second-order valence-electron chi connectivity index (χ2n) is 3.62. The van der Waals surface area contributed by atoms with Crippen molar-refractivity contribution in [1.82, 2.24) is 0 Å². The lowest BCUT2D eigenvalue weighted by Gasteiger charge is -2.27. The molecule has 0 spiro atoms. The zero-order valence-corrected chi connectivity index (χ0v) is 8.75. The number of para-hydroxylation sites is 2. The molecule has 0 fully saturated rings. The molecule has 0 aromatic heterocycles. The normalized spacial score (nSPS) is 15.9. The van der Waals surface area contributed by atoms with Gasteiger partial charge in [-0.15, -0.1) is 13.2 Å². The first-order valence-corrected chi connectivity index (χ1v) is 4.60. The van der Waals surface area contributed by atoms with Crippen molar-refractivity contribution < 1.29 is 0 Å². The largest absolute Gasteiger partial charge is 0.373 e. The average Bonchev–Trinajstić information content (AvgIpc) is 2.19. The van der Waals surface area contributed by atoms with Gasteiger partial charge in [-0.25, -0.2) is 0 Å². The quantitative estimate of drug-likeness (QED) is 0.620. The molecule has 0 saturated carbocycles. The number of benzene rings is 1. The maximum atomic E-state index is 4.36. The highest BCUT2D eigenvalue weighted by Gasteiger charge is 2.19. The van der Waals surface area contributed by atoms with Gasteiger partial charge < -0.3 is 5.32 Å². The third kappa shape index (κ3) is 2.22. The molecule has 1 aromatic rings. The number of nitrogens with one attached hydrogen (secondary N) is 1. The number of aliphatic imine (C=N–C) groups is 1. The Kier molecular flexibility index (Phi) is 3.07. The summed E-state index contributed by atoms with van der Waals surface area (Å²) in [5, 5.41) is 3.39. The van der Waals surface area contributed by atoms with Gasteiger partial charge in [0.2, 0.25) is 0 Å². The summed E-state index contributed by atoms with van der Waals surface area (Å²) in [4.78, 5) is 4.36. The summed E-state index contributed by atoms with van der Waals surface area (Å²) in [6, 6.07) is 8.07. The molecule has 1 aromatic carbocycles. The zero-order valence-electron chi connectivity index (χ0n) is 8.75. The highest BCUT2D eigenvalue weighted by molar-refractivity contribution is 5.85. The van der Waals surface area contributed by atoms with Crippen molar-refractivity contribution in [2.45, 2.75) is 19.4 Å². The first-order valence-electron chi connectivity index (χ1n) is 4.60. The van der Waals surface area contributed by atoms with Crippen molar-refractivity contribution in [1.29, 1.82) is 0 Å². The van der Waals surface area contributed by atoms with Gasteiger partial charge in [0, 0.05) is 6.21 Å². The van der Waals surface area contributed by atoms with E-state index in [0.29, 0.717) is 0 Å². The predicted molar refractivity (Wildman–Crippen MR) is 63.5 cm³/mol. The lowest BCUT2D eigenvalue weighted by molar-refractivity contribution is 0.769. The van der Waals surface area contributed by atoms with Gasteiger partial charge >= 0.3 is 0 Å². The standard InChI is InChI=1S/C10H12N2.C2H4/c1-10(2)7-11-8-5-3-4-6-9(8)12-10;1-2/h3-7,12H,1-2H3;1-2H2. The topological polar surface area (TPSA) is 24.4 Å². The average molecular weight is 188 g/mol. The molecule has 0 saturated heterocycles. The summed E-state index contributed by atoms with van der Waals surface area (Å²) in [5.74, 6) is 0. The monoisotopic (exact) mass is 188 g/mol. The van der Waals surface area contributed by atoms with E-state index in [1.807, 2.05) is 30.5 Å². The van der Waals surface area contributed by atoms with Crippen molar-refractivity contribution in [3.05, 3.63) is 37.4 Å². The lowest BCUT2D eigenvalue weighted by atomic mass is 10.0. The maximum absolute atomic E-state index is 4.36. The Balaban J connectivity index is 0.000000461. The molecule has 0 atom stereocenters. The number of nitrogens with zero attached hydrogens (tertiary/aromatic N) is 1. The maximum Gasteiger partial charge on any atom is 0.0858 e. The van der Waals surface area contributed by atoms with Gasteiger partial charge in [0.1, 0.15) is 0 Å². The number of rotatable bonds is 0. The minimum atomic E-state index is -0.0195. The number of fused-ring (bicyclic) bond motifs is 1. The predicted octanol–water partition coefficient (Wildman–Crippen LogP) is 3.40. The first kappa shape index (κ1) is 10.5. The third-order valence-electron chi connectivity index (χ3n) is 1.89. The van der Waals surface area contributed by atoms with Crippen LogP contribution in [0.3, 0.4) is 0 Å². The van der Waals surface area contributed by atoms with Crippen LogP contribution in [0.2, 0.25) is 0 Å². The summed E-state index contributed by atoms with van der Waals surface area (Å²) in [7, 11) is 0. The van der Waals surface area contributed by atoms with Crippen LogP contribution in [0.5, 0.6) is 0 Å². The van der Waals surface area contributed by atoms with Crippen molar-refractivity contribution in [2.24, 2.45) is 4.99 Å². The summed E-state index contributed by atoms with van der Waals surface area (Å²) in [6.45, 7) is 10.2. The smallest absolute Gasteiger partial charge is 0.0858 e. The summed E-state index contributed by atoms with van der Waals surface area (Å²) in [6.07, 6.45) is 1.94. The van der Waals surface area contributed by atoms with Crippen LogP contribution in [0.4, 0.5) is 11.4 Å². The van der Waals surface area contributed by atoms with E-state index >= 15 is 0 Å². The summed E-state index contributed by atoms with van der Waals surface area (Å²) < 4.78 is 0. The Morgan fingerprint density at radius 2 is 1.86 bits per heavy atom. The minimum absolute atomic E-state index is 0.0195. The molecular formula is C12H16N2. The Bertz CT molecular complexity index is 340. The van der Waals surface area contributed by atoms with Gasteiger partial charge in [-0.3, -0.25) is 4.99 Å². The molecule has 0 radical (unpaired) electrons. The zero-order chi connectivity index (χ0) is 10.6. The van der Waals surface area contributed by atoms with Crippen LogP contribution in [0.1, 0.15) is 13.8 Å². The third-order valence-corrected chi connectivity index (χ3v) is 1.89. The molecule has 0 bridgehead atoms. The van der Waals surface area contributed by atoms with E-state index in [-0.39, 0.29) is 5.54 Å². The van der Waals surface area contributed by atoms with E-state index < -0.39 is 0 Å². The van der Waals surface area contributed by atoms with Crippen molar-refractivity contribution >= 4 is 17.6 Å². The molecule has 1 N–H and O–H groups in total. The molecule has 1 aliphatic heterocycles. The van der Waals surface area contributed by atoms with Crippen LogP contribution < -0.4 is 5.32 Å². The molecule has 2 nitrogen and oxygen atoms in total. The van der Waals surface area contributed by atoms with Crippen LogP contribution in [0, 0.1) is 0 Å². The Labute approximate surface area is 85.4 Å². The fourth-order valence-electron chi connectivity index (χ4n) is 1.30. The number of hydrogen-bond donors (Lipinski definition) is 1. The second-order valence-corrected chi connectivity index (χ2v) is 3.62. The van der Waals surface area contributed by atoms with Crippen LogP contribution in [0.15, 0.2) is 42.4 Å². The summed E-state index contributed by atoms with van der Waals surface area (Å²) in [5.41, 5.74) is 2.12. The molecule has 0 amide bonds. The minimum Gasteiger partial charge on any atom is -0.373 e. The van der Waals surface area contributed by atoms with Gasteiger partial charge in [0.05, 0.1) is 16.9 Å². The van der Waals surface area contributed by atoms with Crippen LogP contribution >= 0.6 is 0 Å². The van der Waals surface area contributed by atoms with Crippen LogP contribution in [-0.4, -0.2) is 11.8 Å². The fraction of sp³-hybridized carbons (Fsp3) is 0.250. The van der Waals surface area contributed by atoms with Crippen molar-refractivity contribution in [2.75, 3.05) is 5.32 Å². The number of hydrogen-bond acceptors (Lipinski definition) is 2. The highest BCUT2D eigenvalue weighted by atomic mass is 15.0. The van der Waals surface area contributed by atoms with Crippen molar-refractivity contribution in [3.63, 3.8) is 0 Å². The first-order chi connectivity index (χ1) is 6.67. The van der Waals surface area contributed by atoms with Gasteiger partial charge in [-0.05, 0) is 26.0 Å². The Morgan fingerprint density at radius 1 is 1.21 bits per heavy atom. The van der Waals surface area contributed by atoms with Crippen LogP contribution in [0.25, 0.3) is 0 Å². The molecule has 14 heavy (non-hydrogen) atoms. The highest BCUT2D eigenvalue weighted by Crippen LogP contribution is 2.30. The fourth-order valence-corrected chi connectivity index (χ4v) is 1.30. The molecule has 0 aliphatic carbocycles. The molecule has 0 unspecified atom stereocenters. The number of anilines is 1. The summed E-state index contributed by atoms with van der Waals surface area (Å²) >= 11 is 0. The van der Waals surface area contributed by atoms with Gasteiger partial charge in [0.15, 0.2) is 0 Å². The van der Waals surface area contributed by atoms with E-state index in [9.17, 15) is 0 Å². The van der Waals surface area contributed by atoms with Crippen molar-refractivity contribution in [3.8, 4) is 0 Å². The van der Waals surface area contributed by atoms with Crippen LogP contribution in [-0.2, 0) is 0 Å². The molecule has 1 aliphatic rings. The second kappa shape index (κ2) is 4.09. The van der Waals surface area contributed by atoms with E-state index in [4.69, 9.17) is 0 Å². The Hall–Kier alpha value is -1.57. The molecule has 2 heteroatoms. The van der Waals surface area contributed by atoms with E-state index in [2.05, 4.69) is 37.3 Å². The SMILES string of the molecule is C=C.CC1(C)C=Nc2ccccc2N1. The van der Waals surface area contributed by atoms with Gasteiger partial charge in [-0.2, -0.15) is 0 Å². The molecule has 2 rings (SSSR count). The van der Waals surface area contributed by atoms with E-state index in [1.165, 1.54) is 0 Å².